The molecule has 1 N–H and O–H groups in total. The van der Waals surface area contributed by atoms with Gasteiger partial charge in [0.15, 0.2) is 0 Å². The number of rotatable bonds is 2. The van der Waals surface area contributed by atoms with Crippen molar-refractivity contribution >= 4 is 11.0 Å². The summed E-state index contributed by atoms with van der Waals surface area (Å²) in [5, 5.41) is 10.7. The maximum absolute atomic E-state index is 12.2. The largest absolute Gasteiger partial charge is 0.508 e. The predicted molar refractivity (Wildman–Crippen MR) is 82.9 cm³/mol. The molecule has 0 saturated heterocycles. The van der Waals surface area contributed by atoms with Crippen molar-refractivity contribution in [2.45, 2.75) is 20.3 Å². The van der Waals surface area contributed by atoms with Crippen LogP contribution in [0.1, 0.15) is 22.3 Å². The van der Waals surface area contributed by atoms with Crippen molar-refractivity contribution in [3.05, 3.63) is 75.1 Å². The molecule has 1 heterocycles. The minimum absolute atomic E-state index is 0.222. The molecule has 0 aliphatic rings. The zero-order valence-electron chi connectivity index (χ0n) is 12.0. The number of aromatic hydroxyl groups is 1. The summed E-state index contributed by atoms with van der Waals surface area (Å²) in [6.45, 7) is 3.65. The van der Waals surface area contributed by atoms with E-state index in [-0.39, 0.29) is 11.4 Å². The highest BCUT2D eigenvalue weighted by molar-refractivity contribution is 5.83. The number of hydrogen-bond donors (Lipinski definition) is 1. The summed E-state index contributed by atoms with van der Waals surface area (Å²) < 4.78 is 5.46. The predicted octanol–water partition coefficient (Wildman–Crippen LogP) is 3.71. The summed E-state index contributed by atoms with van der Waals surface area (Å²) in [5.74, 6) is 0.222. The van der Waals surface area contributed by atoms with E-state index in [9.17, 15) is 9.90 Å². The van der Waals surface area contributed by atoms with Crippen LogP contribution in [0.25, 0.3) is 11.0 Å². The molecule has 0 aliphatic heterocycles. The van der Waals surface area contributed by atoms with E-state index in [4.69, 9.17) is 4.42 Å². The molecule has 0 radical (unpaired) electrons. The molecule has 2 aromatic carbocycles. The lowest BCUT2D eigenvalue weighted by atomic mass is 10.0. The first kappa shape index (κ1) is 13.4. The van der Waals surface area contributed by atoms with E-state index in [1.165, 1.54) is 0 Å². The molecule has 21 heavy (non-hydrogen) atoms. The lowest BCUT2D eigenvalue weighted by Gasteiger charge is -2.08. The highest BCUT2D eigenvalue weighted by Gasteiger charge is 2.12. The number of phenolic OH excluding ortho intramolecular Hbond substituents is 1. The second kappa shape index (κ2) is 5.09. The Hall–Kier alpha value is -2.55. The van der Waals surface area contributed by atoms with Crippen molar-refractivity contribution in [3.63, 3.8) is 0 Å². The fraction of sp³-hybridized carbons (Fsp3) is 0.167. The van der Waals surface area contributed by atoms with Crippen LogP contribution < -0.4 is 5.63 Å². The molecular formula is C18H16O3. The molecule has 3 heteroatoms. The second-order valence-electron chi connectivity index (χ2n) is 5.29. The van der Waals surface area contributed by atoms with Crippen molar-refractivity contribution < 1.29 is 9.52 Å². The third-order valence-electron chi connectivity index (χ3n) is 3.87. The van der Waals surface area contributed by atoms with Crippen LogP contribution >= 0.6 is 0 Å². The monoisotopic (exact) mass is 280 g/mol. The van der Waals surface area contributed by atoms with Gasteiger partial charge in [-0.2, -0.15) is 0 Å². The quantitative estimate of drug-likeness (QED) is 0.728. The number of benzene rings is 2. The summed E-state index contributed by atoms with van der Waals surface area (Å²) in [6, 6.07) is 13.2. The van der Waals surface area contributed by atoms with E-state index in [0.717, 1.165) is 22.1 Å². The molecule has 3 nitrogen and oxygen atoms in total. The van der Waals surface area contributed by atoms with Gasteiger partial charge in [0.05, 0.1) is 0 Å². The van der Waals surface area contributed by atoms with Gasteiger partial charge >= 0.3 is 5.63 Å². The first-order valence-corrected chi connectivity index (χ1v) is 6.86. The molecule has 3 rings (SSSR count). The maximum atomic E-state index is 12.2. The van der Waals surface area contributed by atoms with Crippen molar-refractivity contribution in [1.82, 2.24) is 0 Å². The maximum Gasteiger partial charge on any atom is 0.339 e. The first-order valence-electron chi connectivity index (χ1n) is 6.86. The Kier molecular flexibility index (Phi) is 3.26. The molecule has 106 valence electrons. The number of phenols is 1. The average molecular weight is 280 g/mol. The van der Waals surface area contributed by atoms with Gasteiger partial charge in [0.1, 0.15) is 11.3 Å². The van der Waals surface area contributed by atoms with E-state index in [2.05, 4.69) is 0 Å². The minimum atomic E-state index is -0.320. The highest BCUT2D eigenvalue weighted by Crippen LogP contribution is 2.28. The van der Waals surface area contributed by atoms with Gasteiger partial charge in [-0.3, -0.25) is 0 Å². The Balaban J connectivity index is 2.15. The normalized spacial score (nSPS) is 11.0. The Morgan fingerprint density at radius 2 is 1.76 bits per heavy atom. The van der Waals surface area contributed by atoms with Gasteiger partial charge in [0.25, 0.3) is 0 Å². The number of fused-ring (bicyclic) bond motifs is 1. The van der Waals surface area contributed by atoms with Crippen molar-refractivity contribution in [2.24, 2.45) is 0 Å². The van der Waals surface area contributed by atoms with E-state index in [1.807, 2.05) is 44.2 Å². The van der Waals surface area contributed by atoms with Crippen LogP contribution in [0.3, 0.4) is 0 Å². The summed E-state index contributed by atoms with van der Waals surface area (Å²) >= 11 is 0. The van der Waals surface area contributed by atoms with Crippen molar-refractivity contribution in [2.75, 3.05) is 0 Å². The smallest absolute Gasteiger partial charge is 0.339 e. The van der Waals surface area contributed by atoms with E-state index in [1.54, 1.807) is 12.1 Å². The van der Waals surface area contributed by atoms with Gasteiger partial charge in [-0.15, -0.1) is 0 Å². The zero-order valence-corrected chi connectivity index (χ0v) is 12.0. The molecule has 0 atom stereocenters. The Bertz CT molecular complexity index is 861. The molecule has 0 spiro atoms. The Morgan fingerprint density at radius 1 is 1.05 bits per heavy atom. The summed E-state index contributed by atoms with van der Waals surface area (Å²) in [7, 11) is 0. The Labute approximate surface area is 122 Å². The van der Waals surface area contributed by atoms with Gasteiger partial charge in [-0.05, 0) is 42.7 Å². The van der Waals surface area contributed by atoms with Crippen LogP contribution in [-0.2, 0) is 6.42 Å². The molecule has 0 fully saturated rings. The lowest BCUT2D eigenvalue weighted by Crippen LogP contribution is -2.08. The lowest BCUT2D eigenvalue weighted by molar-refractivity contribution is 0.470. The average Bonchev–Trinajstić information content (AvgIpc) is 2.48. The molecule has 0 amide bonds. The van der Waals surface area contributed by atoms with Gasteiger partial charge in [0, 0.05) is 17.4 Å². The van der Waals surface area contributed by atoms with Crippen LogP contribution in [0, 0.1) is 13.8 Å². The number of aryl methyl sites for hydroxylation is 1. The van der Waals surface area contributed by atoms with Gasteiger partial charge in [0.2, 0.25) is 0 Å². The third-order valence-corrected chi connectivity index (χ3v) is 3.87. The highest BCUT2D eigenvalue weighted by atomic mass is 16.4. The third kappa shape index (κ3) is 2.42. The van der Waals surface area contributed by atoms with Crippen LogP contribution in [0.5, 0.6) is 5.75 Å². The van der Waals surface area contributed by atoms with Gasteiger partial charge in [-0.25, -0.2) is 4.79 Å². The van der Waals surface area contributed by atoms with Crippen molar-refractivity contribution in [3.8, 4) is 5.75 Å². The van der Waals surface area contributed by atoms with Crippen LogP contribution in [0.2, 0.25) is 0 Å². The zero-order chi connectivity index (χ0) is 15.0. The standard InChI is InChI=1S/C18H16O3/c1-11-12(2)17-14(10-16(11)19)9-15(18(20)21-17)8-13-6-4-3-5-7-13/h3-7,9-10,19H,8H2,1-2H3. The molecular weight excluding hydrogens is 264 g/mol. The Morgan fingerprint density at radius 3 is 2.48 bits per heavy atom. The molecule has 0 unspecified atom stereocenters. The summed E-state index contributed by atoms with van der Waals surface area (Å²) in [4.78, 5) is 12.2. The molecule has 0 aliphatic carbocycles. The molecule has 0 saturated carbocycles. The summed E-state index contributed by atoms with van der Waals surface area (Å²) in [6.07, 6.45) is 0.521. The van der Waals surface area contributed by atoms with Crippen LogP contribution in [0.15, 0.2) is 51.7 Å². The minimum Gasteiger partial charge on any atom is -0.508 e. The van der Waals surface area contributed by atoms with E-state index in [0.29, 0.717) is 17.6 Å². The van der Waals surface area contributed by atoms with Gasteiger partial charge in [-0.1, -0.05) is 30.3 Å². The van der Waals surface area contributed by atoms with Crippen LogP contribution in [-0.4, -0.2) is 5.11 Å². The first-order chi connectivity index (χ1) is 10.1. The van der Waals surface area contributed by atoms with E-state index < -0.39 is 0 Å². The molecule has 1 aromatic heterocycles. The summed E-state index contributed by atoms with van der Waals surface area (Å²) in [5.41, 5.74) is 3.41. The van der Waals surface area contributed by atoms with Gasteiger partial charge < -0.3 is 9.52 Å². The second-order valence-corrected chi connectivity index (χ2v) is 5.29. The fourth-order valence-electron chi connectivity index (χ4n) is 2.49. The number of hydrogen-bond acceptors (Lipinski definition) is 3. The SMILES string of the molecule is Cc1c(O)cc2cc(Cc3ccccc3)c(=O)oc2c1C. The van der Waals surface area contributed by atoms with E-state index >= 15 is 0 Å². The fourth-order valence-corrected chi connectivity index (χ4v) is 2.49. The molecule has 3 aromatic rings. The van der Waals surface area contributed by atoms with Crippen molar-refractivity contribution in [1.29, 1.82) is 0 Å². The molecule has 0 bridgehead atoms. The topological polar surface area (TPSA) is 50.4 Å². The van der Waals surface area contributed by atoms with Crippen LogP contribution in [0.4, 0.5) is 0 Å².